The summed E-state index contributed by atoms with van der Waals surface area (Å²) in [5, 5.41) is 5.68. The molecule has 3 heterocycles. The Hall–Kier alpha value is -1.64. The molecule has 3 atom stereocenters. The van der Waals surface area contributed by atoms with Crippen molar-refractivity contribution >= 4 is 52.8 Å². The second kappa shape index (κ2) is 6.59. The van der Waals surface area contributed by atoms with Crippen LogP contribution in [0.5, 0.6) is 0 Å². The van der Waals surface area contributed by atoms with Crippen molar-refractivity contribution in [3.63, 3.8) is 0 Å². The average Bonchev–Trinajstić information content (AvgIpc) is 3.21. The number of nitrogens with zero attached hydrogens (tertiary/aromatic N) is 1. The predicted octanol–water partition coefficient (Wildman–Crippen LogP) is 3.70. The molecule has 2 aliphatic rings. The fourth-order valence-corrected chi connectivity index (χ4v) is 5.23. The van der Waals surface area contributed by atoms with Gasteiger partial charge in [-0.2, -0.15) is 0 Å². The van der Waals surface area contributed by atoms with E-state index in [-0.39, 0.29) is 35.7 Å². The van der Waals surface area contributed by atoms with Gasteiger partial charge < -0.3 is 19.6 Å². The summed E-state index contributed by atoms with van der Waals surface area (Å²) in [5.41, 5.74) is 0. The molecule has 0 bridgehead atoms. The molecule has 0 aromatic carbocycles. The summed E-state index contributed by atoms with van der Waals surface area (Å²) >= 11 is 12.9. The van der Waals surface area contributed by atoms with Crippen LogP contribution in [0.15, 0.2) is 22.8 Å². The van der Waals surface area contributed by atoms with Crippen LogP contribution in [0.4, 0.5) is 5.82 Å². The van der Waals surface area contributed by atoms with Crippen LogP contribution in [0.25, 0.3) is 0 Å². The molecule has 6 nitrogen and oxygen atoms in total. The molecule has 1 fully saturated rings. The molecule has 2 aromatic rings. The summed E-state index contributed by atoms with van der Waals surface area (Å²) < 4.78 is 7.74. The number of nitrogens with one attached hydrogen (secondary N) is 2. The first-order valence-electron chi connectivity index (χ1n) is 8.05. The minimum atomic E-state index is -0.272. The first-order chi connectivity index (χ1) is 12.0. The van der Waals surface area contributed by atoms with Gasteiger partial charge in [0.25, 0.3) is 5.91 Å². The summed E-state index contributed by atoms with van der Waals surface area (Å²) in [6.45, 7) is 0.282. The van der Waals surface area contributed by atoms with Gasteiger partial charge in [-0.15, -0.1) is 11.6 Å². The number of carbonyl (C=O) groups is 2. The lowest BCUT2D eigenvalue weighted by atomic mass is 9.82. The lowest BCUT2D eigenvalue weighted by molar-refractivity contribution is -0.123. The van der Waals surface area contributed by atoms with E-state index in [4.69, 9.17) is 28.2 Å². The van der Waals surface area contributed by atoms with Crippen LogP contribution in [-0.4, -0.2) is 21.8 Å². The third-order valence-electron chi connectivity index (χ3n) is 4.71. The fraction of sp³-hybridized carbons (Fsp3) is 0.438. The number of amides is 2. The van der Waals surface area contributed by atoms with Crippen LogP contribution in [0, 0.1) is 9.87 Å². The van der Waals surface area contributed by atoms with Gasteiger partial charge in [0.2, 0.25) is 5.91 Å². The Morgan fingerprint density at radius 3 is 3.12 bits per heavy atom. The molecule has 9 heteroatoms. The van der Waals surface area contributed by atoms with Crippen LogP contribution < -0.4 is 10.6 Å². The normalized spacial score (nSPS) is 25.0. The van der Waals surface area contributed by atoms with Gasteiger partial charge in [0.15, 0.2) is 3.95 Å². The molecule has 0 saturated heterocycles. The van der Waals surface area contributed by atoms with Gasteiger partial charge in [-0.1, -0.05) is 11.3 Å². The number of carbonyl (C=O) groups excluding carboxylic acids is 2. The molecule has 1 aliphatic heterocycles. The summed E-state index contributed by atoms with van der Waals surface area (Å²) in [5.74, 6) is 0.624. The number of anilines is 1. The number of aromatic nitrogens is 1. The van der Waals surface area contributed by atoms with Gasteiger partial charge in [-0.3, -0.25) is 9.59 Å². The van der Waals surface area contributed by atoms with Crippen molar-refractivity contribution < 1.29 is 14.0 Å². The number of halogens is 1. The minimum Gasteiger partial charge on any atom is -0.467 e. The van der Waals surface area contributed by atoms with Gasteiger partial charge >= 0.3 is 0 Å². The lowest BCUT2D eigenvalue weighted by Crippen LogP contribution is -2.42. The first-order valence-corrected chi connectivity index (χ1v) is 9.71. The molecule has 4 rings (SSSR count). The Kier molecular flexibility index (Phi) is 4.43. The van der Waals surface area contributed by atoms with Crippen molar-refractivity contribution in [3.8, 4) is 0 Å². The molecule has 1 aliphatic carbocycles. The number of fused-ring (bicyclic) bond motifs is 3. The monoisotopic (exact) mass is 397 g/mol. The molecule has 2 aromatic heterocycles. The highest BCUT2D eigenvalue weighted by Gasteiger charge is 2.42. The van der Waals surface area contributed by atoms with Crippen molar-refractivity contribution in [2.45, 2.75) is 37.2 Å². The van der Waals surface area contributed by atoms with Crippen molar-refractivity contribution in [1.29, 1.82) is 0 Å². The third-order valence-corrected chi connectivity index (χ3v) is 6.51. The maximum absolute atomic E-state index is 12.6. The zero-order valence-electron chi connectivity index (χ0n) is 13.2. The molecular weight excluding hydrogens is 382 g/mol. The van der Waals surface area contributed by atoms with Gasteiger partial charge in [0.05, 0.1) is 18.7 Å². The molecular formula is C16H16ClN3O3S2. The van der Waals surface area contributed by atoms with E-state index in [1.54, 1.807) is 18.4 Å². The SMILES string of the molecule is O=C(NCc1ccco1)c1sc(=S)n2c1NC(=O)C1CC(Cl)CCC12. The van der Waals surface area contributed by atoms with E-state index >= 15 is 0 Å². The summed E-state index contributed by atoms with van der Waals surface area (Å²) in [6, 6.07) is 3.53. The third kappa shape index (κ3) is 3.02. The van der Waals surface area contributed by atoms with E-state index in [2.05, 4.69) is 10.6 Å². The minimum absolute atomic E-state index is 0.0115. The van der Waals surface area contributed by atoms with Crippen molar-refractivity contribution in [2.75, 3.05) is 5.32 Å². The zero-order chi connectivity index (χ0) is 17.6. The van der Waals surface area contributed by atoms with Crippen LogP contribution >= 0.6 is 35.2 Å². The highest BCUT2D eigenvalue weighted by Crippen LogP contribution is 2.44. The second-order valence-corrected chi connectivity index (χ2v) is 8.51. The molecule has 3 unspecified atom stereocenters. The maximum Gasteiger partial charge on any atom is 0.265 e. The molecule has 132 valence electrons. The van der Waals surface area contributed by atoms with Gasteiger partial charge in [0, 0.05) is 11.4 Å². The Labute approximate surface area is 158 Å². The molecule has 25 heavy (non-hydrogen) atoms. The Balaban J connectivity index is 1.62. The van der Waals surface area contributed by atoms with Gasteiger partial charge in [0.1, 0.15) is 16.5 Å². The van der Waals surface area contributed by atoms with Crippen LogP contribution in [0.1, 0.15) is 40.7 Å². The van der Waals surface area contributed by atoms with Crippen LogP contribution in [0.3, 0.4) is 0 Å². The number of thiazole rings is 1. The zero-order valence-corrected chi connectivity index (χ0v) is 15.5. The van der Waals surface area contributed by atoms with Crippen molar-refractivity contribution in [3.05, 3.63) is 33.0 Å². The molecule has 0 radical (unpaired) electrons. The molecule has 0 spiro atoms. The first kappa shape index (κ1) is 16.8. The van der Waals surface area contributed by atoms with E-state index in [0.29, 0.717) is 26.8 Å². The number of hydrogen-bond acceptors (Lipinski definition) is 5. The quantitative estimate of drug-likeness (QED) is 0.611. The second-order valence-electron chi connectivity index (χ2n) is 6.25. The maximum atomic E-state index is 12.6. The molecule has 2 amide bonds. The summed E-state index contributed by atoms with van der Waals surface area (Å²) in [7, 11) is 0. The predicted molar refractivity (Wildman–Crippen MR) is 97.7 cm³/mol. The number of alkyl halides is 1. The Morgan fingerprint density at radius 2 is 2.36 bits per heavy atom. The van der Waals surface area contributed by atoms with Crippen LogP contribution in [-0.2, 0) is 11.3 Å². The summed E-state index contributed by atoms with van der Waals surface area (Å²) in [6.07, 6.45) is 3.82. The van der Waals surface area contributed by atoms with E-state index in [1.807, 2.05) is 4.57 Å². The Bertz CT molecular complexity index is 874. The fourth-order valence-electron chi connectivity index (χ4n) is 3.52. The van der Waals surface area contributed by atoms with E-state index in [9.17, 15) is 9.59 Å². The smallest absolute Gasteiger partial charge is 0.265 e. The summed E-state index contributed by atoms with van der Waals surface area (Å²) in [4.78, 5) is 25.5. The topological polar surface area (TPSA) is 76.3 Å². The average molecular weight is 398 g/mol. The number of furan rings is 1. The van der Waals surface area contributed by atoms with E-state index in [0.717, 1.165) is 12.8 Å². The molecule has 2 N–H and O–H groups in total. The molecule has 1 saturated carbocycles. The number of hydrogen-bond donors (Lipinski definition) is 2. The number of rotatable bonds is 3. The van der Waals surface area contributed by atoms with Crippen LogP contribution in [0.2, 0.25) is 0 Å². The van der Waals surface area contributed by atoms with E-state index < -0.39 is 0 Å². The van der Waals surface area contributed by atoms with Crippen molar-refractivity contribution in [1.82, 2.24) is 9.88 Å². The van der Waals surface area contributed by atoms with Gasteiger partial charge in [-0.25, -0.2) is 0 Å². The largest absolute Gasteiger partial charge is 0.467 e. The van der Waals surface area contributed by atoms with E-state index in [1.165, 1.54) is 11.3 Å². The standard InChI is InChI=1S/C16H16ClN3O3S2/c17-8-3-4-11-10(6-8)14(21)19-13-12(25-16(24)20(11)13)15(22)18-7-9-2-1-5-23-9/h1-2,5,8,10-11H,3-4,6-7H2,(H,18,22)(H,19,21). The van der Waals surface area contributed by atoms with Crippen molar-refractivity contribution in [2.24, 2.45) is 5.92 Å². The highest BCUT2D eigenvalue weighted by molar-refractivity contribution is 7.73. The highest BCUT2D eigenvalue weighted by atomic mass is 35.5. The Morgan fingerprint density at radius 1 is 1.52 bits per heavy atom. The lowest BCUT2D eigenvalue weighted by Gasteiger charge is -2.38. The van der Waals surface area contributed by atoms with Gasteiger partial charge in [-0.05, 0) is 43.6 Å².